The monoisotopic (exact) mass is 151 g/mol. The van der Waals surface area contributed by atoms with Gasteiger partial charge in [-0.15, -0.1) is 0 Å². The Morgan fingerprint density at radius 1 is 1.27 bits per heavy atom. The molecule has 0 aromatic carbocycles. The van der Waals surface area contributed by atoms with Gasteiger partial charge >= 0.3 is 0 Å². The first kappa shape index (κ1) is 8.12. The fourth-order valence-electron chi connectivity index (χ4n) is 1.22. The van der Waals surface area contributed by atoms with Crippen LogP contribution in [0.1, 0.15) is 28.1 Å². The summed E-state index contributed by atoms with van der Waals surface area (Å²) in [6.45, 7) is 4.00. The van der Waals surface area contributed by atoms with Gasteiger partial charge in [-0.25, -0.2) is 0 Å². The van der Waals surface area contributed by atoms with Crippen molar-refractivity contribution >= 4 is 12.2 Å². The molecule has 0 saturated carbocycles. The molecule has 0 aliphatic heterocycles. The maximum atomic E-state index is 3.17. The number of H-pyrrole nitrogens is 1. The molecule has 2 rings (SSSR count). The number of nitrogens with one attached hydrogen (secondary N) is 1. The average molecular weight is 151 g/mol. The van der Waals surface area contributed by atoms with Crippen LogP contribution in [0.5, 0.6) is 0 Å². The van der Waals surface area contributed by atoms with Crippen LogP contribution < -0.4 is 10.6 Å². The number of rotatable bonds is 0. The topological polar surface area (TPSA) is 15.8 Å². The predicted octanol–water partition coefficient (Wildman–Crippen LogP) is 1.64. The van der Waals surface area contributed by atoms with Crippen molar-refractivity contribution < 1.29 is 1.43 Å². The van der Waals surface area contributed by atoms with Gasteiger partial charge in [0.15, 0.2) is 0 Å². The SMILES string of the molecule is C1=c2cc[nH]c2=CCC1.CC.[HH]. The standard InChI is InChI=1S/C8H9N.C2H6.H2/c1-2-4-8-7(3-1)5-6-9-8;1-2;/h3-6,9H,1-2H2;1-2H3;1H. The third-order valence-corrected chi connectivity index (χ3v) is 1.69. The normalized spacial score (nSPS) is 13.3. The Labute approximate surface area is 68.9 Å². The summed E-state index contributed by atoms with van der Waals surface area (Å²) in [7, 11) is 0. The Kier molecular flexibility index (Phi) is 2.96. The van der Waals surface area contributed by atoms with Crippen molar-refractivity contribution in [3.05, 3.63) is 22.8 Å². The summed E-state index contributed by atoms with van der Waals surface area (Å²) in [5.41, 5.74) is 0. The van der Waals surface area contributed by atoms with Crippen LogP contribution in [0, 0.1) is 0 Å². The van der Waals surface area contributed by atoms with E-state index in [0.717, 1.165) is 0 Å². The van der Waals surface area contributed by atoms with E-state index in [4.69, 9.17) is 0 Å². The molecule has 0 saturated heterocycles. The molecule has 1 aliphatic carbocycles. The zero-order valence-electron chi connectivity index (χ0n) is 7.22. The molecule has 0 unspecified atom stereocenters. The summed E-state index contributed by atoms with van der Waals surface area (Å²) in [6, 6.07) is 2.12. The molecule has 1 aliphatic rings. The number of hydrogen-bond donors (Lipinski definition) is 1. The lowest BCUT2D eigenvalue weighted by molar-refractivity contribution is 1.10. The van der Waals surface area contributed by atoms with Gasteiger partial charge in [0.25, 0.3) is 0 Å². The third-order valence-electron chi connectivity index (χ3n) is 1.69. The molecular formula is C10H17N. The van der Waals surface area contributed by atoms with Crippen LogP contribution in [-0.2, 0) is 0 Å². The first-order valence-corrected chi connectivity index (χ1v) is 4.30. The van der Waals surface area contributed by atoms with Crippen LogP contribution in [0.4, 0.5) is 0 Å². The average Bonchev–Trinajstić information content (AvgIpc) is 2.55. The van der Waals surface area contributed by atoms with Crippen molar-refractivity contribution in [1.82, 2.24) is 4.98 Å². The van der Waals surface area contributed by atoms with Gasteiger partial charge in [-0.2, -0.15) is 0 Å². The molecule has 1 N–H and O–H groups in total. The summed E-state index contributed by atoms with van der Waals surface area (Å²) in [4.78, 5) is 3.17. The van der Waals surface area contributed by atoms with Crippen molar-refractivity contribution in [2.45, 2.75) is 26.7 Å². The van der Waals surface area contributed by atoms with Gasteiger partial charge in [0.1, 0.15) is 0 Å². The van der Waals surface area contributed by atoms with Crippen LogP contribution in [0.15, 0.2) is 12.3 Å². The van der Waals surface area contributed by atoms with Gasteiger partial charge in [0, 0.05) is 13.0 Å². The molecule has 0 bridgehead atoms. The highest BCUT2D eigenvalue weighted by Crippen LogP contribution is 1.92. The molecule has 1 nitrogen and oxygen atoms in total. The van der Waals surface area contributed by atoms with Crippen molar-refractivity contribution in [1.29, 1.82) is 0 Å². The predicted molar refractivity (Wildman–Crippen MR) is 51.7 cm³/mol. The van der Waals surface area contributed by atoms with Gasteiger partial charge in [-0.1, -0.05) is 26.0 Å². The molecule has 0 radical (unpaired) electrons. The van der Waals surface area contributed by atoms with Crippen molar-refractivity contribution in [3.63, 3.8) is 0 Å². The summed E-state index contributed by atoms with van der Waals surface area (Å²) in [5, 5.41) is 2.66. The maximum Gasteiger partial charge on any atom is 0.0410 e. The Balaban J connectivity index is 0.000000378. The van der Waals surface area contributed by atoms with Gasteiger partial charge in [0.2, 0.25) is 0 Å². The van der Waals surface area contributed by atoms with Crippen LogP contribution in [-0.4, -0.2) is 4.98 Å². The van der Waals surface area contributed by atoms with E-state index in [1.165, 1.54) is 23.4 Å². The molecule has 0 fully saturated rings. The van der Waals surface area contributed by atoms with Crippen LogP contribution in [0.3, 0.4) is 0 Å². The summed E-state index contributed by atoms with van der Waals surface area (Å²) in [5.74, 6) is 0. The number of aromatic nitrogens is 1. The lowest BCUT2D eigenvalue weighted by Crippen LogP contribution is -2.23. The Morgan fingerprint density at radius 2 is 2.00 bits per heavy atom. The van der Waals surface area contributed by atoms with Crippen LogP contribution in [0.25, 0.3) is 12.2 Å². The Morgan fingerprint density at radius 3 is 2.73 bits per heavy atom. The van der Waals surface area contributed by atoms with E-state index in [-0.39, 0.29) is 1.43 Å². The first-order valence-electron chi connectivity index (χ1n) is 4.30. The molecule has 1 aromatic heterocycles. The second-order valence-electron chi connectivity index (χ2n) is 2.33. The molecule has 0 amide bonds. The number of aromatic amines is 1. The fraction of sp³-hybridized carbons (Fsp3) is 0.400. The quantitative estimate of drug-likeness (QED) is 0.580. The maximum absolute atomic E-state index is 3.17. The van der Waals surface area contributed by atoms with Gasteiger partial charge < -0.3 is 4.98 Å². The molecular weight excluding hydrogens is 134 g/mol. The number of hydrogen-bond acceptors (Lipinski definition) is 0. The molecule has 1 aromatic rings. The second kappa shape index (κ2) is 4.02. The molecule has 1 heteroatoms. The third kappa shape index (κ3) is 1.73. The van der Waals surface area contributed by atoms with Crippen LogP contribution in [0.2, 0.25) is 0 Å². The van der Waals surface area contributed by atoms with Gasteiger partial charge in [-0.3, -0.25) is 0 Å². The molecule has 0 spiro atoms. The zero-order chi connectivity index (χ0) is 8.10. The lowest BCUT2D eigenvalue weighted by atomic mass is 10.2. The smallest absolute Gasteiger partial charge is 0.0410 e. The summed E-state index contributed by atoms with van der Waals surface area (Å²) < 4.78 is 0. The summed E-state index contributed by atoms with van der Waals surface area (Å²) in [6.07, 6.45) is 8.89. The van der Waals surface area contributed by atoms with Gasteiger partial charge in [0.05, 0.1) is 0 Å². The lowest BCUT2D eigenvalue weighted by Gasteiger charge is -1.91. The second-order valence-corrected chi connectivity index (χ2v) is 2.33. The van der Waals surface area contributed by atoms with Crippen LogP contribution >= 0.6 is 0 Å². The van der Waals surface area contributed by atoms with E-state index in [0.29, 0.717) is 0 Å². The Bertz CT molecular complexity index is 280. The Hall–Kier alpha value is -0.980. The molecule has 1 heterocycles. The minimum atomic E-state index is 0. The first-order chi connectivity index (χ1) is 5.47. The minimum Gasteiger partial charge on any atom is -0.361 e. The van der Waals surface area contributed by atoms with E-state index >= 15 is 0 Å². The van der Waals surface area contributed by atoms with Gasteiger partial charge in [-0.05, 0) is 24.1 Å². The number of fused-ring (bicyclic) bond motifs is 1. The van der Waals surface area contributed by atoms with Crippen molar-refractivity contribution in [2.24, 2.45) is 0 Å². The zero-order valence-corrected chi connectivity index (χ0v) is 7.22. The fourth-order valence-corrected chi connectivity index (χ4v) is 1.22. The van der Waals surface area contributed by atoms with E-state index in [9.17, 15) is 0 Å². The largest absolute Gasteiger partial charge is 0.361 e. The van der Waals surface area contributed by atoms with E-state index < -0.39 is 0 Å². The highest BCUT2D eigenvalue weighted by molar-refractivity contribution is 5.35. The summed E-state index contributed by atoms with van der Waals surface area (Å²) >= 11 is 0. The minimum absolute atomic E-state index is 0. The highest BCUT2D eigenvalue weighted by atomic mass is 14.6. The highest BCUT2D eigenvalue weighted by Gasteiger charge is 1.90. The van der Waals surface area contributed by atoms with Crippen molar-refractivity contribution in [2.75, 3.05) is 0 Å². The van der Waals surface area contributed by atoms with E-state index in [1.54, 1.807) is 0 Å². The van der Waals surface area contributed by atoms with E-state index in [1.807, 2.05) is 20.0 Å². The van der Waals surface area contributed by atoms with E-state index in [2.05, 4.69) is 23.2 Å². The molecule has 62 valence electrons. The molecule has 0 atom stereocenters. The molecule has 11 heavy (non-hydrogen) atoms. The van der Waals surface area contributed by atoms with Crippen molar-refractivity contribution in [3.8, 4) is 0 Å².